The lowest BCUT2D eigenvalue weighted by Gasteiger charge is -2.59. The van der Waals surface area contributed by atoms with Crippen LogP contribution in [0.25, 0.3) is 0 Å². The van der Waals surface area contributed by atoms with Crippen LogP contribution in [0.2, 0.25) is 0 Å². The quantitative estimate of drug-likeness (QED) is 0.170. The molecule has 2 aromatic carbocycles. The normalized spacial score (nSPS) is 16.8. The first-order valence-corrected chi connectivity index (χ1v) is 17.5. The summed E-state index contributed by atoms with van der Waals surface area (Å²) in [6, 6.07) is 16.4. The molecular weight excluding hydrogens is 647 g/mol. The number of anilines is 2. The topological polar surface area (TPSA) is 102 Å². The summed E-state index contributed by atoms with van der Waals surface area (Å²) in [6.45, 7) is 8.12. The standard InChI is InChI=1S/C39H41FN8O3/c1-26(2)48(29-18-44-45(3)21-29)38(49)31-15-28(40)9-10-34(31)51-36-19-41-25-43-37(36)47-23-39(24-47)16-30(17-39)50-35-11-13-42-33-12-14-46(22-32(33)35)20-27-7-5-4-6-8-27/h4-11,13,15,18-19,21,25-26,30H,12,14,16-17,20,22-24H2,1-3H3. The Kier molecular flexibility index (Phi) is 8.63. The van der Waals surface area contributed by atoms with Gasteiger partial charge in [0.15, 0.2) is 11.6 Å². The lowest BCUT2D eigenvalue weighted by atomic mass is 9.61. The van der Waals surface area contributed by atoms with Crippen LogP contribution in [-0.4, -0.2) is 67.3 Å². The third kappa shape index (κ3) is 6.63. The molecular formula is C39H41FN8O3. The van der Waals surface area contributed by atoms with Crippen molar-refractivity contribution in [3.63, 3.8) is 0 Å². The predicted octanol–water partition coefficient (Wildman–Crippen LogP) is 6.20. The average Bonchev–Trinajstić information content (AvgIpc) is 3.52. The van der Waals surface area contributed by atoms with Crippen molar-refractivity contribution in [2.45, 2.75) is 58.3 Å². The fourth-order valence-corrected chi connectivity index (χ4v) is 7.70. The first-order chi connectivity index (χ1) is 24.7. The van der Waals surface area contributed by atoms with Crippen LogP contribution in [0.4, 0.5) is 15.9 Å². The maximum Gasteiger partial charge on any atom is 0.262 e. The Morgan fingerprint density at radius 3 is 2.63 bits per heavy atom. The molecule has 1 aliphatic carbocycles. The van der Waals surface area contributed by atoms with Gasteiger partial charge in [-0.05, 0) is 56.5 Å². The number of carbonyl (C=O) groups is 1. The zero-order chi connectivity index (χ0) is 35.1. The molecule has 8 rings (SSSR count). The summed E-state index contributed by atoms with van der Waals surface area (Å²) in [7, 11) is 1.78. The van der Waals surface area contributed by atoms with Crippen LogP contribution < -0.4 is 19.3 Å². The Labute approximate surface area is 296 Å². The Balaban J connectivity index is 0.925. The molecule has 262 valence electrons. The Hall–Kier alpha value is -5.36. The molecule has 0 unspecified atom stereocenters. The minimum Gasteiger partial charge on any atom is -0.490 e. The van der Waals surface area contributed by atoms with Crippen molar-refractivity contribution in [2.24, 2.45) is 12.5 Å². The molecule has 0 bridgehead atoms. The summed E-state index contributed by atoms with van der Waals surface area (Å²) in [5.41, 5.74) is 4.50. The van der Waals surface area contributed by atoms with E-state index in [1.807, 2.05) is 26.1 Å². The van der Waals surface area contributed by atoms with Gasteiger partial charge in [0.25, 0.3) is 5.91 Å². The van der Waals surface area contributed by atoms with Gasteiger partial charge >= 0.3 is 0 Å². The lowest BCUT2D eigenvalue weighted by Crippen LogP contribution is -2.65. The first-order valence-electron chi connectivity index (χ1n) is 17.5. The fourth-order valence-electron chi connectivity index (χ4n) is 7.70. The van der Waals surface area contributed by atoms with Gasteiger partial charge in [0.1, 0.15) is 29.7 Å². The Bertz CT molecular complexity index is 2040. The fraction of sp³-hybridized carbons (Fsp3) is 0.359. The Morgan fingerprint density at radius 1 is 1.04 bits per heavy atom. The molecule has 11 nitrogen and oxygen atoms in total. The zero-order valence-corrected chi connectivity index (χ0v) is 29.1. The number of fused-ring (bicyclic) bond motifs is 1. The van der Waals surface area contributed by atoms with E-state index in [1.165, 1.54) is 35.7 Å². The van der Waals surface area contributed by atoms with E-state index in [0.717, 1.165) is 63.4 Å². The Morgan fingerprint density at radius 2 is 1.86 bits per heavy atom. The van der Waals surface area contributed by atoms with Crippen LogP contribution in [0.1, 0.15) is 53.9 Å². The van der Waals surface area contributed by atoms with Crippen LogP contribution in [0.3, 0.4) is 0 Å². The number of hydrogen-bond donors (Lipinski definition) is 0. The minimum absolute atomic E-state index is 0.0999. The van der Waals surface area contributed by atoms with Gasteiger partial charge in [0.2, 0.25) is 0 Å². The van der Waals surface area contributed by atoms with E-state index in [1.54, 1.807) is 35.2 Å². The SMILES string of the molecule is CC(C)N(C(=O)c1cc(F)ccc1Oc1cncnc1N1CC2(CC(Oc3ccnc4c3CN(Cc3ccccc3)CC4)C2)C1)c1cnn(C)c1. The second kappa shape index (κ2) is 13.4. The van der Waals surface area contributed by atoms with Crippen molar-refractivity contribution in [3.05, 3.63) is 114 Å². The van der Waals surface area contributed by atoms with E-state index in [0.29, 0.717) is 17.3 Å². The van der Waals surface area contributed by atoms with Crippen molar-refractivity contribution < 1.29 is 18.7 Å². The van der Waals surface area contributed by atoms with E-state index in [9.17, 15) is 9.18 Å². The number of aryl methyl sites for hydroxylation is 1. The van der Waals surface area contributed by atoms with E-state index in [-0.39, 0.29) is 28.9 Å². The van der Waals surface area contributed by atoms with Gasteiger partial charge in [-0.15, -0.1) is 0 Å². The van der Waals surface area contributed by atoms with Crippen LogP contribution in [0, 0.1) is 11.2 Å². The maximum atomic E-state index is 14.6. The summed E-state index contributed by atoms with van der Waals surface area (Å²) in [4.78, 5) is 33.6. The molecule has 2 fully saturated rings. The molecule has 51 heavy (non-hydrogen) atoms. The molecule has 12 heteroatoms. The summed E-state index contributed by atoms with van der Waals surface area (Å²) in [5.74, 6) is 1.28. The number of nitrogens with zero attached hydrogens (tertiary/aromatic N) is 8. The molecule has 3 aromatic heterocycles. The van der Waals surface area contributed by atoms with E-state index in [4.69, 9.17) is 9.47 Å². The number of benzene rings is 2. The molecule has 1 saturated carbocycles. The molecule has 1 saturated heterocycles. The first kappa shape index (κ1) is 32.8. The molecule has 1 spiro atoms. The van der Waals surface area contributed by atoms with Gasteiger partial charge < -0.3 is 19.3 Å². The minimum atomic E-state index is -0.534. The maximum absolute atomic E-state index is 14.6. The van der Waals surface area contributed by atoms with Gasteiger partial charge in [0, 0.05) is 81.3 Å². The second-order valence-electron chi connectivity index (χ2n) is 14.3. The van der Waals surface area contributed by atoms with Crippen LogP contribution in [0.5, 0.6) is 17.2 Å². The van der Waals surface area contributed by atoms with Crippen LogP contribution in [0.15, 0.2) is 85.7 Å². The third-order valence-electron chi connectivity index (χ3n) is 10.1. The summed E-state index contributed by atoms with van der Waals surface area (Å²) < 4.78 is 29.2. The van der Waals surface area contributed by atoms with E-state index >= 15 is 0 Å². The number of aromatic nitrogens is 5. The second-order valence-corrected chi connectivity index (χ2v) is 14.3. The molecule has 0 atom stereocenters. The summed E-state index contributed by atoms with van der Waals surface area (Å²) in [6.07, 6.45) is 11.3. The molecule has 5 aromatic rings. The lowest BCUT2D eigenvalue weighted by molar-refractivity contribution is -0.0353. The van der Waals surface area contributed by atoms with Gasteiger partial charge in [-0.2, -0.15) is 5.10 Å². The molecule has 5 heterocycles. The number of pyridine rings is 1. The van der Waals surface area contributed by atoms with E-state index in [2.05, 4.69) is 60.2 Å². The van der Waals surface area contributed by atoms with Gasteiger partial charge in [-0.3, -0.25) is 19.4 Å². The average molecular weight is 689 g/mol. The van der Waals surface area contributed by atoms with Gasteiger partial charge in [-0.25, -0.2) is 14.4 Å². The zero-order valence-electron chi connectivity index (χ0n) is 29.1. The van der Waals surface area contributed by atoms with Gasteiger partial charge in [-0.1, -0.05) is 30.3 Å². The number of halogens is 1. The highest BCUT2D eigenvalue weighted by Gasteiger charge is 2.54. The number of ether oxygens (including phenoxy) is 2. The molecule has 1 amide bonds. The summed E-state index contributed by atoms with van der Waals surface area (Å²) >= 11 is 0. The third-order valence-corrected chi connectivity index (χ3v) is 10.1. The van der Waals surface area contributed by atoms with Crippen molar-refractivity contribution >= 4 is 17.4 Å². The number of amides is 1. The van der Waals surface area contributed by atoms with Crippen LogP contribution >= 0.6 is 0 Å². The van der Waals surface area contributed by atoms with Crippen molar-refractivity contribution in [2.75, 3.05) is 29.4 Å². The highest BCUT2D eigenvalue weighted by Crippen LogP contribution is 2.52. The molecule has 0 N–H and O–H groups in total. The largest absolute Gasteiger partial charge is 0.490 e. The van der Waals surface area contributed by atoms with Crippen molar-refractivity contribution in [1.29, 1.82) is 0 Å². The highest BCUT2D eigenvalue weighted by atomic mass is 19.1. The number of rotatable bonds is 10. The molecule has 0 radical (unpaired) electrons. The van der Waals surface area contributed by atoms with Crippen molar-refractivity contribution in [3.8, 4) is 17.2 Å². The van der Waals surface area contributed by atoms with E-state index < -0.39 is 11.7 Å². The smallest absolute Gasteiger partial charge is 0.262 e. The highest BCUT2D eigenvalue weighted by molar-refractivity contribution is 6.08. The van der Waals surface area contributed by atoms with Gasteiger partial charge in [0.05, 0.1) is 23.6 Å². The molecule has 2 aliphatic heterocycles. The molecule has 3 aliphatic rings. The van der Waals surface area contributed by atoms with Crippen molar-refractivity contribution in [1.82, 2.24) is 29.6 Å². The number of hydrogen-bond acceptors (Lipinski definition) is 9. The summed E-state index contributed by atoms with van der Waals surface area (Å²) in [5, 5.41) is 4.22. The monoisotopic (exact) mass is 688 g/mol. The van der Waals surface area contributed by atoms with Crippen LogP contribution in [-0.2, 0) is 26.6 Å². The number of carbonyl (C=O) groups excluding carboxylic acids is 1. The predicted molar refractivity (Wildman–Crippen MR) is 190 cm³/mol.